The number of hydrogen-bond donors (Lipinski definition) is 0. The van der Waals surface area contributed by atoms with Crippen molar-refractivity contribution in [1.29, 1.82) is 0 Å². The van der Waals surface area contributed by atoms with Crippen LogP contribution in [0.1, 0.15) is 29.8 Å². The number of carbonyl (C=O) groups excluding carboxylic acids is 1. The Morgan fingerprint density at radius 3 is 2.48 bits per heavy atom. The minimum Gasteiger partial charge on any atom is -0.459 e. The molecule has 0 radical (unpaired) electrons. The summed E-state index contributed by atoms with van der Waals surface area (Å²) in [6, 6.07) is 14.1. The lowest BCUT2D eigenvalue weighted by Crippen LogP contribution is -2.46. The molecule has 2 aromatic rings. The maximum absolute atomic E-state index is 12.3. The van der Waals surface area contributed by atoms with Gasteiger partial charge >= 0.3 is 5.97 Å². The summed E-state index contributed by atoms with van der Waals surface area (Å²) in [5.41, 5.74) is 1.88. The van der Waals surface area contributed by atoms with Gasteiger partial charge in [-0.25, -0.2) is 9.78 Å². The number of esters is 1. The van der Waals surface area contributed by atoms with E-state index in [4.69, 9.17) is 4.74 Å². The first-order chi connectivity index (χ1) is 12.1. The molecule has 2 heterocycles. The van der Waals surface area contributed by atoms with Gasteiger partial charge in [0, 0.05) is 38.9 Å². The van der Waals surface area contributed by atoms with E-state index in [0.717, 1.165) is 38.5 Å². The van der Waals surface area contributed by atoms with Crippen LogP contribution < -0.4 is 4.90 Å². The Kier molecular flexibility index (Phi) is 5.66. The summed E-state index contributed by atoms with van der Waals surface area (Å²) >= 11 is 0. The van der Waals surface area contributed by atoms with Crippen LogP contribution in [-0.4, -0.2) is 48.1 Å². The highest BCUT2D eigenvalue weighted by atomic mass is 16.5. The van der Waals surface area contributed by atoms with Crippen LogP contribution in [0.5, 0.6) is 0 Å². The lowest BCUT2D eigenvalue weighted by molar-refractivity contribution is 0.0378. The summed E-state index contributed by atoms with van der Waals surface area (Å²) in [4.78, 5) is 21.4. The van der Waals surface area contributed by atoms with E-state index in [9.17, 15) is 4.79 Å². The number of rotatable bonds is 5. The SMILES string of the molecule is CC(C)OC(=O)c1cccnc1N1CCN(Cc2ccccc2)CC1. The lowest BCUT2D eigenvalue weighted by Gasteiger charge is -2.36. The lowest BCUT2D eigenvalue weighted by atomic mass is 10.2. The highest BCUT2D eigenvalue weighted by Gasteiger charge is 2.23. The van der Waals surface area contributed by atoms with Gasteiger partial charge in [0.2, 0.25) is 0 Å². The molecular formula is C20H25N3O2. The molecule has 0 unspecified atom stereocenters. The first-order valence-electron chi connectivity index (χ1n) is 8.80. The van der Waals surface area contributed by atoms with Crippen molar-refractivity contribution in [3.63, 3.8) is 0 Å². The van der Waals surface area contributed by atoms with Crippen molar-refractivity contribution in [1.82, 2.24) is 9.88 Å². The summed E-state index contributed by atoms with van der Waals surface area (Å²) < 4.78 is 5.35. The molecular weight excluding hydrogens is 314 g/mol. The largest absolute Gasteiger partial charge is 0.459 e. The van der Waals surface area contributed by atoms with Crippen LogP contribution in [0.3, 0.4) is 0 Å². The topological polar surface area (TPSA) is 45.7 Å². The molecule has 1 fully saturated rings. The van der Waals surface area contributed by atoms with Crippen molar-refractivity contribution in [3.05, 3.63) is 59.8 Å². The van der Waals surface area contributed by atoms with Crippen LogP contribution in [-0.2, 0) is 11.3 Å². The van der Waals surface area contributed by atoms with Crippen molar-refractivity contribution in [3.8, 4) is 0 Å². The van der Waals surface area contributed by atoms with E-state index in [1.54, 1.807) is 18.3 Å². The number of carbonyl (C=O) groups is 1. The maximum Gasteiger partial charge on any atom is 0.342 e. The van der Waals surface area contributed by atoms with E-state index >= 15 is 0 Å². The van der Waals surface area contributed by atoms with E-state index in [1.807, 2.05) is 19.9 Å². The smallest absolute Gasteiger partial charge is 0.342 e. The monoisotopic (exact) mass is 339 g/mol. The Morgan fingerprint density at radius 1 is 1.08 bits per heavy atom. The summed E-state index contributed by atoms with van der Waals surface area (Å²) in [6.45, 7) is 8.28. The van der Waals surface area contributed by atoms with Crippen LogP contribution in [0.4, 0.5) is 5.82 Å². The molecule has 0 atom stereocenters. The molecule has 5 heteroatoms. The molecule has 0 spiro atoms. The number of ether oxygens (including phenoxy) is 1. The number of pyridine rings is 1. The van der Waals surface area contributed by atoms with Gasteiger partial charge in [0.1, 0.15) is 11.4 Å². The van der Waals surface area contributed by atoms with Gasteiger partial charge in [-0.2, -0.15) is 0 Å². The van der Waals surface area contributed by atoms with Crippen LogP contribution in [0, 0.1) is 0 Å². The Bertz CT molecular complexity index is 695. The summed E-state index contributed by atoms with van der Waals surface area (Å²) in [7, 11) is 0. The van der Waals surface area contributed by atoms with Crippen molar-refractivity contribution >= 4 is 11.8 Å². The van der Waals surface area contributed by atoms with Gasteiger partial charge in [0.05, 0.1) is 6.10 Å². The quantitative estimate of drug-likeness (QED) is 0.784. The predicted octanol–water partition coefficient (Wildman–Crippen LogP) is 2.97. The average Bonchev–Trinajstić information content (AvgIpc) is 2.63. The fraction of sp³-hybridized carbons (Fsp3) is 0.400. The van der Waals surface area contributed by atoms with Crippen molar-refractivity contribution in [2.75, 3.05) is 31.1 Å². The van der Waals surface area contributed by atoms with Gasteiger partial charge in [0.15, 0.2) is 0 Å². The van der Waals surface area contributed by atoms with Crippen molar-refractivity contribution in [2.45, 2.75) is 26.5 Å². The van der Waals surface area contributed by atoms with Crippen molar-refractivity contribution < 1.29 is 9.53 Å². The summed E-state index contributed by atoms with van der Waals surface area (Å²) in [5.74, 6) is 0.428. The number of piperazine rings is 1. The van der Waals surface area contributed by atoms with E-state index in [-0.39, 0.29) is 12.1 Å². The van der Waals surface area contributed by atoms with Crippen LogP contribution in [0.2, 0.25) is 0 Å². The molecule has 0 N–H and O–H groups in total. The second kappa shape index (κ2) is 8.12. The molecule has 1 aliphatic heterocycles. The molecule has 3 rings (SSSR count). The Hall–Kier alpha value is -2.40. The maximum atomic E-state index is 12.3. The molecule has 1 aromatic heterocycles. The van der Waals surface area contributed by atoms with Gasteiger partial charge < -0.3 is 9.64 Å². The molecule has 0 aliphatic carbocycles. The van der Waals surface area contributed by atoms with Crippen molar-refractivity contribution in [2.24, 2.45) is 0 Å². The molecule has 1 aromatic carbocycles. The first kappa shape index (κ1) is 17.4. The second-order valence-corrected chi connectivity index (χ2v) is 6.58. The zero-order chi connectivity index (χ0) is 17.6. The summed E-state index contributed by atoms with van der Waals surface area (Å²) in [5, 5.41) is 0. The molecule has 1 saturated heterocycles. The zero-order valence-electron chi connectivity index (χ0n) is 14.9. The normalized spacial score (nSPS) is 15.4. The molecule has 5 nitrogen and oxygen atoms in total. The minimum atomic E-state index is -0.301. The van der Waals surface area contributed by atoms with Gasteiger partial charge in [0.25, 0.3) is 0 Å². The fourth-order valence-electron chi connectivity index (χ4n) is 3.05. The molecule has 0 saturated carbocycles. The number of aromatic nitrogens is 1. The first-order valence-corrected chi connectivity index (χ1v) is 8.80. The van der Waals surface area contributed by atoms with E-state index in [1.165, 1.54) is 5.56 Å². The average molecular weight is 339 g/mol. The minimum absolute atomic E-state index is 0.136. The highest BCUT2D eigenvalue weighted by Crippen LogP contribution is 2.21. The third kappa shape index (κ3) is 4.57. The summed E-state index contributed by atoms with van der Waals surface area (Å²) in [6.07, 6.45) is 1.60. The number of nitrogens with zero attached hydrogens (tertiary/aromatic N) is 3. The number of benzene rings is 1. The Morgan fingerprint density at radius 2 is 1.80 bits per heavy atom. The molecule has 25 heavy (non-hydrogen) atoms. The molecule has 0 bridgehead atoms. The van der Waals surface area contributed by atoms with Gasteiger partial charge in [-0.1, -0.05) is 30.3 Å². The van der Waals surface area contributed by atoms with Crippen LogP contribution >= 0.6 is 0 Å². The standard InChI is InChI=1S/C20H25N3O2/c1-16(2)25-20(24)18-9-6-10-21-19(18)23-13-11-22(12-14-23)15-17-7-4-3-5-8-17/h3-10,16H,11-15H2,1-2H3. The Balaban J connectivity index is 1.64. The van der Waals surface area contributed by atoms with Gasteiger partial charge in [-0.05, 0) is 31.5 Å². The van der Waals surface area contributed by atoms with Crippen LogP contribution in [0.25, 0.3) is 0 Å². The zero-order valence-corrected chi connectivity index (χ0v) is 14.9. The van der Waals surface area contributed by atoms with E-state index in [0.29, 0.717) is 5.56 Å². The third-order valence-corrected chi connectivity index (χ3v) is 4.27. The highest BCUT2D eigenvalue weighted by molar-refractivity contribution is 5.94. The third-order valence-electron chi connectivity index (χ3n) is 4.27. The van der Waals surface area contributed by atoms with E-state index < -0.39 is 0 Å². The van der Waals surface area contributed by atoms with E-state index in [2.05, 4.69) is 39.0 Å². The number of anilines is 1. The fourth-order valence-corrected chi connectivity index (χ4v) is 3.05. The Labute approximate surface area is 149 Å². The molecule has 132 valence electrons. The predicted molar refractivity (Wildman–Crippen MR) is 98.7 cm³/mol. The van der Waals surface area contributed by atoms with Gasteiger partial charge in [-0.15, -0.1) is 0 Å². The number of hydrogen-bond acceptors (Lipinski definition) is 5. The molecule has 0 amide bonds. The van der Waals surface area contributed by atoms with Crippen LogP contribution in [0.15, 0.2) is 48.7 Å². The second-order valence-electron chi connectivity index (χ2n) is 6.58. The molecule has 1 aliphatic rings. The van der Waals surface area contributed by atoms with Gasteiger partial charge in [-0.3, -0.25) is 4.90 Å².